The molecule has 0 spiro atoms. The van der Waals surface area contributed by atoms with Crippen LogP contribution in [0.25, 0.3) is 0 Å². The number of rotatable bonds is 4. The summed E-state index contributed by atoms with van der Waals surface area (Å²) in [5, 5.41) is 10.3. The molecule has 2 aromatic carbocycles. The molecule has 0 aliphatic heterocycles. The van der Waals surface area contributed by atoms with E-state index in [1.165, 1.54) is 24.3 Å². The van der Waals surface area contributed by atoms with Gasteiger partial charge in [-0.15, -0.1) is 0 Å². The molecule has 0 fully saturated rings. The molecule has 0 bridgehead atoms. The van der Waals surface area contributed by atoms with Crippen molar-refractivity contribution in [1.29, 1.82) is 0 Å². The Morgan fingerprint density at radius 1 is 0.950 bits per heavy atom. The standard InChI is InChI=1S/C15H12ClF3O/c16-13-3-2-11(17)7-10(13)8-12(20)5-9-1-4-14(18)15(19)6-9/h1-4,6-7,12,20H,5,8H2. The van der Waals surface area contributed by atoms with Gasteiger partial charge in [0.2, 0.25) is 0 Å². The van der Waals surface area contributed by atoms with E-state index in [-0.39, 0.29) is 12.8 Å². The SMILES string of the molecule is OC(Cc1ccc(F)c(F)c1)Cc1cc(F)ccc1Cl. The molecule has 0 saturated heterocycles. The van der Waals surface area contributed by atoms with E-state index in [1.807, 2.05) is 0 Å². The fourth-order valence-electron chi connectivity index (χ4n) is 1.96. The molecule has 0 aliphatic carbocycles. The molecule has 106 valence electrons. The van der Waals surface area contributed by atoms with Crippen molar-refractivity contribution < 1.29 is 18.3 Å². The monoisotopic (exact) mass is 300 g/mol. The summed E-state index contributed by atoms with van der Waals surface area (Å²) < 4.78 is 38.9. The van der Waals surface area contributed by atoms with Crippen LogP contribution in [-0.2, 0) is 12.8 Å². The van der Waals surface area contributed by atoms with E-state index in [2.05, 4.69) is 0 Å². The Morgan fingerprint density at radius 2 is 1.70 bits per heavy atom. The topological polar surface area (TPSA) is 20.2 Å². The van der Waals surface area contributed by atoms with Crippen LogP contribution in [0, 0.1) is 17.5 Å². The first-order valence-corrected chi connectivity index (χ1v) is 6.39. The lowest BCUT2D eigenvalue weighted by Crippen LogP contribution is -2.14. The van der Waals surface area contributed by atoms with Gasteiger partial charge >= 0.3 is 0 Å². The van der Waals surface area contributed by atoms with Gasteiger partial charge in [0.15, 0.2) is 11.6 Å². The summed E-state index contributed by atoms with van der Waals surface area (Å²) in [4.78, 5) is 0. The highest BCUT2D eigenvalue weighted by Crippen LogP contribution is 2.20. The highest BCUT2D eigenvalue weighted by Gasteiger charge is 2.12. The third-order valence-electron chi connectivity index (χ3n) is 2.92. The normalized spacial score (nSPS) is 12.4. The molecule has 0 amide bonds. The van der Waals surface area contributed by atoms with E-state index in [0.717, 1.165) is 12.1 Å². The first kappa shape index (κ1) is 14.9. The number of hydrogen-bond donors (Lipinski definition) is 1. The zero-order chi connectivity index (χ0) is 14.7. The summed E-state index contributed by atoms with van der Waals surface area (Å²) in [5.41, 5.74) is 0.936. The van der Waals surface area contributed by atoms with Crippen LogP contribution in [-0.4, -0.2) is 11.2 Å². The minimum atomic E-state index is -0.960. The molecule has 1 N–H and O–H groups in total. The summed E-state index contributed by atoms with van der Waals surface area (Å²) >= 11 is 5.90. The van der Waals surface area contributed by atoms with Gasteiger partial charge in [0.25, 0.3) is 0 Å². The minimum absolute atomic E-state index is 0.129. The second-order valence-corrected chi connectivity index (χ2v) is 4.95. The van der Waals surface area contributed by atoms with Crippen LogP contribution in [0.5, 0.6) is 0 Å². The van der Waals surface area contributed by atoms with Gasteiger partial charge < -0.3 is 5.11 Å². The molecule has 1 atom stereocenters. The molecule has 2 rings (SSSR count). The van der Waals surface area contributed by atoms with Gasteiger partial charge in [0.1, 0.15) is 5.82 Å². The minimum Gasteiger partial charge on any atom is -0.392 e. The summed E-state index contributed by atoms with van der Waals surface area (Å²) in [6, 6.07) is 7.33. The highest BCUT2D eigenvalue weighted by atomic mass is 35.5. The lowest BCUT2D eigenvalue weighted by molar-refractivity contribution is 0.175. The summed E-state index contributed by atoms with van der Waals surface area (Å²) in [6.45, 7) is 0. The van der Waals surface area contributed by atoms with Crippen molar-refractivity contribution in [2.75, 3.05) is 0 Å². The van der Waals surface area contributed by atoms with Crippen LogP contribution in [0.2, 0.25) is 5.02 Å². The molecule has 0 aliphatic rings. The molecule has 0 radical (unpaired) electrons. The first-order valence-electron chi connectivity index (χ1n) is 6.01. The average molecular weight is 301 g/mol. The molecular weight excluding hydrogens is 289 g/mol. The fourth-order valence-corrected chi connectivity index (χ4v) is 2.16. The van der Waals surface area contributed by atoms with Gasteiger partial charge in [0.05, 0.1) is 6.10 Å². The quantitative estimate of drug-likeness (QED) is 0.908. The summed E-state index contributed by atoms with van der Waals surface area (Å²) in [7, 11) is 0. The smallest absolute Gasteiger partial charge is 0.159 e. The summed E-state index contributed by atoms with van der Waals surface area (Å²) in [6.07, 6.45) is -0.598. The Bertz CT molecular complexity index is 616. The van der Waals surface area contributed by atoms with Crippen molar-refractivity contribution in [3.8, 4) is 0 Å². The maximum atomic E-state index is 13.1. The van der Waals surface area contributed by atoms with Gasteiger partial charge in [-0.2, -0.15) is 0 Å². The van der Waals surface area contributed by atoms with Crippen molar-refractivity contribution in [3.05, 3.63) is 70.0 Å². The maximum Gasteiger partial charge on any atom is 0.159 e. The maximum absolute atomic E-state index is 13.1. The predicted octanol–water partition coefficient (Wildman–Crippen LogP) is 3.90. The Kier molecular flexibility index (Phi) is 4.68. The predicted molar refractivity (Wildman–Crippen MR) is 71.2 cm³/mol. The Hall–Kier alpha value is -1.52. The Labute approximate surface area is 119 Å². The Balaban J connectivity index is 2.06. The van der Waals surface area contributed by atoms with Crippen LogP contribution in [0.4, 0.5) is 13.2 Å². The molecular formula is C15H12ClF3O. The van der Waals surface area contributed by atoms with Gasteiger partial charge in [-0.1, -0.05) is 17.7 Å². The third kappa shape index (κ3) is 3.74. The van der Waals surface area contributed by atoms with Crippen molar-refractivity contribution in [1.82, 2.24) is 0 Å². The van der Waals surface area contributed by atoms with E-state index in [4.69, 9.17) is 11.6 Å². The Morgan fingerprint density at radius 3 is 2.40 bits per heavy atom. The van der Waals surface area contributed by atoms with Crippen LogP contribution in [0.15, 0.2) is 36.4 Å². The number of halogens is 4. The number of hydrogen-bond acceptors (Lipinski definition) is 1. The molecule has 0 aromatic heterocycles. The largest absolute Gasteiger partial charge is 0.392 e. The van der Waals surface area contributed by atoms with Gasteiger partial charge in [-0.25, -0.2) is 13.2 Å². The lowest BCUT2D eigenvalue weighted by Gasteiger charge is -2.12. The average Bonchev–Trinajstić information content (AvgIpc) is 2.38. The first-order chi connectivity index (χ1) is 9.45. The zero-order valence-corrected chi connectivity index (χ0v) is 11.2. The number of aliphatic hydroxyl groups excluding tert-OH is 1. The molecule has 0 heterocycles. The second kappa shape index (κ2) is 6.29. The molecule has 1 nitrogen and oxygen atoms in total. The number of benzene rings is 2. The zero-order valence-electron chi connectivity index (χ0n) is 10.4. The lowest BCUT2D eigenvalue weighted by atomic mass is 10.0. The van der Waals surface area contributed by atoms with Crippen LogP contribution in [0.3, 0.4) is 0 Å². The van der Waals surface area contributed by atoms with Crippen molar-refractivity contribution >= 4 is 11.6 Å². The van der Waals surface area contributed by atoms with E-state index >= 15 is 0 Å². The van der Waals surface area contributed by atoms with Crippen LogP contribution >= 0.6 is 11.6 Å². The second-order valence-electron chi connectivity index (χ2n) is 4.55. The fraction of sp³-hybridized carbons (Fsp3) is 0.200. The van der Waals surface area contributed by atoms with Gasteiger partial charge in [-0.3, -0.25) is 0 Å². The molecule has 0 saturated carbocycles. The van der Waals surface area contributed by atoms with Gasteiger partial charge in [-0.05, 0) is 47.9 Å². The van der Waals surface area contributed by atoms with Crippen LogP contribution < -0.4 is 0 Å². The molecule has 2 aromatic rings. The van der Waals surface area contributed by atoms with E-state index in [0.29, 0.717) is 16.1 Å². The van der Waals surface area contributed by atoms with Crippen molar-refractivity contribution in [3.63, 3.8) is 0 Å². The third-order valence-corrected chi connectivity index (χ3v) is 3.29. The van der Waals surface area contributed by atoms with Crippen molar-refractivity contribution in [2.45, 2.75) is 18.9 Å². The number of aliphatic hydroxyl groups is 1. The van der Waals surface area contributed by atoms with Crippen molar-refractivity contribution in [2.24, 2.45) is 0 Å². The summed E-state index contributed by atoms with van der Waals surface area (Å²) in [5.74, 6) is -2.33. The van der Waals surface area contributed by atoms with E-state index in [1.54, 1.807) is 0 Å². The molecule has 1 unspecified atom stereocenters. The highest BCUT2D eigenvalue weighted by molar-refractivity contribution is 6.31. The van der Waals surface area contributed by atoms with E-state index < -0.39 is 23.6 Å². The van der Waals surface area contributed by atoms with E-state index in [9.17, 15) is 18.3 Å². The van der Waals surface area contributed by atoms with Crippen LogP contribution in [0.1, 0.15) is 11.1 Å². The molecule has 5 heteroatoms. The molecule has 20 heavy (non-hydrogen) atoms. The van der Waals surface area contributed by atoms with Gasteiger partial charge in [0, 0.05) is 11.4 Å².